The summed E-state index contributed by atoms with van der Waals surface area (Å²) in [6.07, 6.45) is 5.67. The lowest BCUT2D eigenvalue weighted by atomic mass is 9.84. The molecule has 4 aliphatic heterocycles. The van der Waals surface area contributed by atoms with Crippen LogP contribution in [0.4, 0.5) is 0 Å². The Morgan fingerprint density at radius 2 is 1.69 bits per heavy atom. The number of ketones is 1. The summed E-state index contributed by atoms with van der Waals surface area (Å²) in [5, 5.41) is 1.39. The van der Waals surface area contributed by atoms with Gasteiger partial charge in [0.2, 0.25) is 0 Å². The molecule has 0 aliphatic carbocycles. The number of imide groups is 1. The number of H-pyrrole nitrogens is 2. The van der Waals surface area contributed by atoms with Gasteiger partial charge in [-0.3, -0.25) is 29.1 Å². The Labute approximate surface area is 305 Å². The second-order valence-electron chi connectivity index (χ2n) is 14.5. The predicted molar refractivity (Wildman–Crippen MR) is 204 cm³/mol. The van der Waals surface area contributed by atoms with E-state index in [1.165, 1.54) is 4.90 Å². The lowest BCUT2D eigenvalue weighted by Crippen LogP contribution is -2.42. The Balaban J connectivity index is 1.71. The van der Waals surface area contributed by atoms with Gasteiger partial charge in [0, 0.05) is 63.8 Å². The zero-order chi connectivity index (χ0) is 37.4. The van der Waals surface area contributed by atoms with Gasteiger partial charge in [-0.2, -0.15) is 0 Å². The van der Waals surface area contributed by atoms with Crippen molar-refractivity contribution in [2.45, 2.75) is 118 Å². The minimum Gasteiger partial charge on any atom is -0.466 e. The molecule has 8 bridgehead atoms. The van der Waals surface area contributed by atoms with Crippen LogP contribution in [-0.4, -0.2) is 61.6 Å². The number of carbonyl (C=O) groups excluding carboxylic acids is 4. The molecule has 10 nitrogen and oxygen atoms in total. The fourth-order valence-corrected chi connectivity index (χ4v) is 8.09. The summed E-state index contributed by atoms with van der Waals surface area (Å²) < 4.78 is 5.43. The summed E-state index contributed by atoms with van der Waals surface area (Å²) in [5.74, 6) is -1.66. The minimum absolute atomic E-state index is 0.0266. The van der Waals surface area contributed by atoms with Crippen LogP contribution < -0.4 is 10.6 Å². The Morgan fingerprint density at radius 1 is 0.942 bits per heavy atom. The van der Waals surface area contributed by atoms with E-state index in [1.807, 2.05) is 39.0 Å². The van der Waals surface area contributed by atoms with E-state index in [0.29, 0.717) is 75.2 Å². The number of allylic oxidation sites excluding steroid dienone is 2. The summed E-state index contributed by atoms with van der Waals surface area (Å²) >= 11 is 0. The number of amides is 2. The zero-order valence-electron chi connectivity index (χ0n) is 31.6. The monoisotopic (exact) mass is 705 g/mol. The van der Waals surface area contributed by atoms with E-state index in [0.717, 1.165) is 54.3 Å². The fourth-order valence-electron chi connectivity index (χ4n) is 8.09. The van der Waals surface area contributed by atoms with E-state index in [-0.39, 0.29) is 48.4 Å². The van der Waals surface area contributed by atoms with E-state index in [9.17, 15) is 19.2 Å². The summed E-state index contributed by atoms with van der Waals surface area (Å²) in [7, 11) is 0. The van der Waals surface area contributed by atoms with Crippen LogP contribution in [0, 0.1) is 0 Å². The van der Waals surface area contributed by atoms with Crippen molar-refractivity contribution < 1.29 is 23.9 Å². The van der Waals surface area contributed by atoms with E-state index >= 15 is 0 Å². The van der Waals surface area contributed by atoms with Crippen LogP contribution in [0.25, 0.3) is 34.3 Å². The third-order valence-electron chi connectivity index (χ3n) is 11.1. The maximum Gasteiger partial charge on any atom is 0.305 e. The molecule has 10 heteroatoms. The van der Waals surface area contributed by atoms with Gasteiger partial charge >= 0.3 is 5.97 Å². The largest absolute Gasteiger partial charge is 0.466 e. The highest BCUT2D eigenvalue weighted by Crippen LogP contribution is 2.43. The molecule has 3 atom stereocenters. The molecule has 274 valence electrons. The van der Waals surface area contributed by atoms with Crippen LogP contribution in [0.15, 0.2) is 18.2 Å². The van der Waals surface area contributed by atoms with Crippen LogP contribution in [0.2, 0.25) is 0 Å². The van der Waals surface area contributed by atoms with Gasteiger partial charge in [0.25, 0.3) is 11.8 Å². The number of aromatic amines is 2. The number of hydrogen-bond acceptors (Lipinski definition) is 7. The molecule has 2 aromatic rings. The van der Waals surface area contributed by atoms with Gasteiger partial charge < -0.3 is 14.7 Å². The average Bonchev–Trinajstić information content (AvgIpc) is 3.79. The molecule has 0 radical (unpaired) electrons. The standard InChI is InChI=1S/C42H51N5O5/c1-9-12-13-14-17-47-41(50)37-25(7)32-20-33-27(11-3)22(4)29(43-33)21-34-36(26(8)48)24(6)31(44-34)19-30-23(5)28(15-16-35(49)52-18-10-2)39(45-30)38(42(47)51)40(37)46-32/h19-23,28,43,46H,7,9-18H2,1-6,8H3/t22-,23+,28+/m1/s1. The molecule has 2 amide bonds. The van der Waals surface area contributed by atoms with Crippen LogP contribution >= 0.6 is 0 Å². The van der Waals surface area contributed by atoms with Crippen molar-refractivity contribution in [3.8, 4) is 0 Å². The Kier molecular flexibility index (Phi) is 10.7. The molecular weight excluding hydrogens is 654 g/mol. The molecule has 6 heterocycles. The van der Waals surface area contributed by atoms with Crippen LogP contribution in [0.1, 0.15) is 167 Å². The van der Waals surface area contributed by atoms with Gasteiger partial charge in [-0.1, -0.05) is 60.5 Å². The maximum absolute atomic E-state index is 14.7. The summed E-state index contributed by atoms with van der Waals surface area (Å²) in [6, 6.07) is 5.84. The second-order valence-corrected chi connectivity index (χ2v) is 14.5. The quantitative estimate of drug-likeness (QED) is 0.136. The van der Waals surface area contributed by atoms with E-state index in [1.54, 1.807) is 6.92 Å². The number of unbranched alkanes of at least 4 members (excludes halogenated alkanes) is 3. The van der Waals surface area contributed by atoms with Crippen LogP contribution in [-0.2, 0) is 14.3 Å². The van der Waals surface area contributed by atoms with Gasteiger partial charge in [0.15, 0.2) is 5.78 Å². The summed E-state index contributed by atoms with van der Waals surface area (Å²) in [6.45, 7) is 18.8. The van der Waals surface area contributed by atoms with Crippen molar-refractivity contribution >= 4 is 57.9 Å². The van der Waals surface area contributed by atoms with Crippen molar-refractivity contribution in [2.75, 3.05) is 13.2 Å². The third-order valence-corrected chi connectivity index (χ3v) is 11.1. The van der Waals surface area contributed by atoms with Gasteiger partial charge in [0.1, 0.15) is 0 Å². The molecule has 4 aliphatic rings. The zero-order valence-corrected chi connectivity index (χ0v) is 31.6. The van der Waals surface area contributed by atoms with Crippen molar-refractivity contribution in [3.63, 3.8) is 0 Å². The van der Waals surface area contributed by atoms with E-state index in [2.05, 4.69) is 37.3 Å². The van der Waals surface area contributed by atoms with Crippen molar-refractivity contribution in [1.29, 1.82) is 0 Å². The van der Waals surface area contributed by atoms with Gasteiger partial charge in [-0.25, -0.2) is 4.98 Å². The molecule has 2 aromatic heterocycles. The number of fused-ring (bicyclic) bond motifs is 8. The highest BCUT2D eigenvalue weighted by atomic mass is 16.5. The number of carbonyl (C=O) groups is 4. The predicted octanol–water partition coefficient (Wildman–Crippen LogP) is 7.13. The normalized spacial score (nSPS) is 19.0. The topological polar surface area (TPSA) is 138 Å². The first kappa shape index (κ1) is 36.9. The number of hydrogen-bond donors (Lipinski definition) is 2. The van der Waals surface area contributed by atoms with Crippen molar-refractivity contribution in [1.82, 2.24) is 24.8 Å². The number of ether oxygens (including phenoxy) is 1. The molecule has 52 heavy (non-hydrogen) atoms. The first-order chi connectivity index (χ1) is 24.9. The first-order valence-corrected chi connectivity index (χ1v) is 18.9. The Bertz CT molecular complexity index is 2190. The molecule has 0 fully saturated rings. The second kappa shape index (κ2) is 15.0. The third kappa shape index (κ3) is 6.52. The van der Waals surface area contributed by atoms with Crippen LogP contribution in [0.5, 0.6) is 0 Å². The number of esters is 1. The van der Waals surface area contributed by atoms with Gasteiger partial charge in [-0.05, 0) is 68.9 Å². The minimum atomic E-state index is -0.399. The summed E-state index contributed by atoms with van der Waals surface area (Å²) in [5.41, 5.74) is 7.58. The molecule has 0 unspecified atom stereocenters. The summed E-state index contributed by atoms with van der Waals surface area (Å²) in [4.78, 5) is 73.4. The van der Waals surface area contributed by atoms with Crippen molar-refractivity contribution in [2.24, 2.45) is 0 Å². The molecule has 0 aromatic carbocycles. The lowest BCUT2D eigenvalue weighted by Gasteiger charge is -2.26. The number of nitrogens with one attached hydrogen (secondary N) is 2. The molecular formula is C42H51N5O5. The first-order valence-electron chi connectivity index (χ1n) is 18.9. The van der Waals surface area contributed by atoms with E-state index in [4.69, 9.17) is 14.7 Å². The molecule has 0 saturated heterocycles. The lowest BCUT2D eigenvalue weighted by molar-refractivity contribution is -0.143. The smallest absolute Gasteiger partial charge is 0.305 e. The van der Waals surface area contributed by atoms with Gasteiger partial charge in [-0.15, -0.1) is 0 Å². The molecule has 6 rings (SSSR count). The molecule has 2 N–H and O–H groups in total. The Hall–Kier alpha value is -4.86. The van der Waals surface area contributed by atoms with Crippen LogP contribution in [0.3, 0.4) is 0 Å². The fraction of sp³-hybridized carbons (Fsp3) is 0.476. The number of aromatic nitrogens is 4. The molecule has 0 spiro atoms. The number of rotatable bonds is 12. The average molecular weight is 706 g/mol. The van der Waals surface area contributed by atoms with Crippen molar-refractivity contribution in [3.05, 3.63) is 68.4 Å². The maximum atomic E-state index is 14.7. The number of Topliss-reactive ketones (excluding diaryl/α,β-unsaturated/α-hetero) is 1. The van der Waals surface area contributed by atoms with E-state index < -0.39 is 5.91 Å². The number of nitrogens with zero attached hydrogens (tertiary/aromatic N) is 3. The highest BCUT2D eigenvalue weighted by Gasteiger charge is 2.40. The highest BCUT2D eigenvalue weighted by molar-refractivity contribution is 6.27. The van der Waals surface area contributed by atoms with Gasteiger partial charge in [0.05, 0.1) is 40.3 Å². The Morgan fingerprint density at radius 3 is 2.38 bits per heavy atom. The molecule has 0 saturated carbocycles. The SMILES string of the molecule is C=c1c2c3[nH]c1cc1[nH]c(cc4nc(cc5nc(c3C(=O)N(CCCCCC)C2=O)[C@@H](CCC(=O)OCCC)[C@@H]5C)C(C)=C4C(C)=O)[C@H](C)C=1CC.